The molecular formula is C42H24NO3PS. The van der Waals surface area contributed by atoms with Crippen molar-refractivity contribution < 1.29 is 13.9 Å². The molecule has 1 atom stereocenters. The monoisotopic (exact) mass is 653 g/mol. The van der Waals surface area contributed by atoms with Crippen LogP contribution in [-0.4, -0.2) is 4.57 Å². The molecule has 0 N–H and O–H groups in total. The molecule has 6 heteroatoms. The van der Waals surface area contributed by atoms with Gasteiger partial charge in [-0.3, -0.25) is 0 Å². The van der Waals surface area contributed by atoms with E-state index in [0.29, 0.717) is 0 Å². The molecular weight excluding hydrogens is 630 g/mol. The van der Waals surface area contributed by atoms with Crippen LogP contribution in [0.25, 0.3) is 60.6 Å². The van der Waals surface area contributed by atoms with Crippen molar-refractivity contribution in [3.05, 3.63) is 146 Å². The van der Waals surface area contributed by atoms with Gasteiger partial charge in [0.15, 0.2) is 0 Å². The zero-order valence-electron chi connectivity index (χ0n) is 25.4. The number of para-hydroxylation sites is 4. The third kappa shape index (κ3) is 3.47. The van der Waals surface area contributed by atoms with Crippen LogP contribution in [0.3, 0.4) is 0 Å². The van der Waals surface area contributed by atoms with Gasteiger partial charge in [-0.15, -0.1) is 0 Å². The molecule has 4 heterocycles. The van der Waals surface area contributed by atoms with E-state index in [9.17, 15) is 0 Å². The van der Waals surface area contributed by atoms with Gasteiger partial charge in [-0.25, -0.2) is 0 Å². The third-order valence-corrected chi connectivity index (χ3v) is 14.7. The third-order valence-electron chi connectivity index (χ3n) is 9.84. The summed E-state index contributed by atoms with van der Waals surface area (Å²) in [5.74, 6) is 3.07. The van der Waals surface area contributed by atoms with Crippen LogP contribution in [0.5, 0.6) is 23.0 Å². The van der Waals surface area contributed by atoms with Crippen molar-refractivity contribution in [2.45, 2.75) is 0 Å². The first-order valence-electron chi connectivity index (χ1n) is 15.9. The highest BCUT2D eigenvalue weighted by Crippen LogP contribution is 2.59. The molecule has 0 bridgehead atoms. The van der Waals surface area contributed by atoms with Crippen molar-refractivity contribution in [1.82, 2.24) is 4.57 Å². The normalized spacial score (nSPS) is 16.0. The Bertz CT molecular complexity index is 2830. The fraction of sp³-hybridized carbons (Fsp3) is 0. The topological polar surface area (TPSA) is 36.5 Å². The standard InChI is InChI=1S/C42H24NO3PS/c48-47-40-16-8-7-15-35(40)45-38-21-26(22-39(42(38)47)46-37-24-36-31(23-41(37)47)30-11-3-6-14-34(30)44-36)25-17-19-27(20-18-25)43-32-12-4-1-9-28(32)29-10-2-5-13-33(29)43/h1-24H. The van der Waals surface area contributed by atoms with Crippen molar-refractivity contribution in [1.29, 1.82) is 0 Å². The summed E-state index contributed by atoms with van der Waals surface area (Å²) in [6.07, 6.45) is 0. The second-order valence-electron chi connectivity index (χ2n) is 12.4. The Kier molecular flexibility index (Phi) is 5.23. The van der Waals surface area contributed by atoms with Crippen LogP contribution in [0.4, 0.5) is 0 Å². The fourth-order valence-electron chi connectivity index (χ4n) is 7.70. The molecule has 0 aliphatic carbocycles. The van der Waals surface area contributed by atoms with E-state index in [0.717, 1.165) is 77.7 Å². The zero-order chi connectivity index (χ0) is 31.6. The highest BCUT2D eigenvalue weighted by atomic mass is 32.4. The number of hydrogen-bond acceptors (Lipinski definition) is 4. The van der Waals surface area contributed by atoms with E-state index in [1.165, 1.54) is 21.8 Å². The van der Waals surface area contributed by atoms with Gasteiger partial charge in [0.05, 0.1) is 22.4 Å². The predicted octanol–water partition coefficient (Wildman–Crippen LogP) is 10.3. The first-order chi connectivity index (χ1) is 23.6. The van der Waals surface area contributed by atoms with Crippen LogP contribution in [0.15, 0.2) is 150 Å². The van der Waals surface area contributed by atoms with Gasteiger partial charge in [-0.1, -0.05) is 90.7 Å². The van der Waals surface area contributed by atoms with Gasteiger partial charge in [0.1, 0.15) is 34.2 Å². The van der Waals surface area contributed by atoms with Crippen molar-refractivity contribution >= 4 is 77.5 Å². The molecule has 0 saturated carbocycles. The second kappa shape index (κ2) is 9.48. The highest BCUT2D eigenvalue weighted by molar-refractivity contribution is 8.26. The number of nitrogens with zero attached hydrogens (tertiary/aromatic N) is 1. The summed E-state index contributed by atoms with van der Waals surface area (Å²) in [6.45, 7) is 0. The first kappa shape index (κ1) is 26.5. The van der Waals surface area contributed by atoms with Crippen LogP contribution >= 0.6 is 6.04 Å². The van der Waals surface area contributed by atoms with E-state index in [4.69, 9.17) is 25.7 Å². The molecule has 2 aliphatic rings. The summed E-state index contributed by atoms with van der Waals surface area (Å²) in [4.78, 5) is 0. The van der Waals surface area contributed by atoms with Crippen LogP contribution < -0.4 is 25.4 Å². The SMILES string of the molecule is S=P12c3ccccc3Oc3cc(-c4ccc(-n5c6ccccc6c6ccccc65)cc4)cc(c31)Oc1cc3oc4ccccc4c3cc12. The average molecular weight is 654 g/mol. The Hall–Kier alpha value is -5.61. The van der Waals surface area contributed by atoms with Gasteiger partial charge in [0, 0.05) is 43.9 Å². The largest absolute Gasteiger partial charge is 0.456 e. The van der Waals surface area contributed by atoms with Crippen molar-refractivity contribution in [3.8, 4) is 39.8 Å². The molecule has 0 saturated heterocycles. The van der Waals surface area contributed by atoms with E-state index in [-0.39, 0.29) is 0 Å². The predicted molar refractivity (Wildman–Crippen MR) is 200 cm³/mol. The number of rotatable bonds is 2. The molecule has 7 aromatic carbocycles. The zero-order valence-corrected chi connectivity index (χ0v) is 27.1. The van der Waals surface area contributed by atoms with Gasteiger partial charge in [0.25, 0.3) is 0 Å². The number of hydrogen-bond donors (Lipinski definition) is 0. The van der Waals surface area contributed by atoms with E-state index in [2.05, 4.69) is 114 Å². The molecule has 1 unspecified atom stereocenters. The van der Waals surface area contributed by atoms with Gasteiger partial charge >= 0.3 is 0 Å². The van der Waals surface area contributed by atoms with Crippen LogP contribution in [0.1, 0.15) is 0 Å². The highest BCUT2D eigenvalue weighted by Gasteiger charge is 2.43. The lowest BCUT2D eigenvalue weighted by atomic mass is 10.0. The minimum atomic E-state index is -2.53. The lowest BCUT2D eigenvalue weighted by Gasteiger charge is -2.37. The molecule has 9 aromatic rings. The lowest BCUT2D eigenvalue weighted by Crippen LogP contribution is -2.34. The Balaban J connectivity index is 1.09. The fourth-order valence-corrected chi connectivity index (χ4v) is 12.2. The molecule has 0 amide bonds. The number of furan rings is 1. The lowest BCUT2D eigenvalue weighted by molar-refractivity contribution is 0.466. The summed E-state index contributed by atoms with van der Waals surface area (Å²) in [5, 5.41) is 7.67. The summed E-state index contributed by atoms with van der Waals surface area (Å²) >= 11 is 6.84. The second-order valence-corrected chi connectivity index (χ2v) is 16.7. The first-order valence-corrected chi connectivity index (χ1v) is 18.7. The van der Waals surface area contributed by atoms with Crippen LogP contribution in [0.2, 0.25) is 0 Å². The summed E-state index contributed by atoms with van der Waals surface area (Å²) in [6, 6.07) is 48.2. The van der Waals surface area contributed by atoms with Gasteiger partial charge in [-0.2, -0.15) is 0 Å². The number of ether oxygens (including phenoxy) is 2. The summed E-state index contributed by atoms with van der Waals surface area (Å²) in [5.41, 5.74) is 7.20. The maximum Gasteiger partial charge on any atom is 0.140 e. The maximum atomic E-state index is 6.84. The van der Waals surface area contributed by atoms with E-state index >= 15 is 0 Å². The van der Waals surface area contributed by atoms with Gasteiger partial charge < -0.3 is 18.5 Å². The van der Waals surface area contributed by atoms with E-state index in [1.54, 1.807) is 0 Å². The van der Waals surface area contributed by atoms with E-state index < -0.39 is 6.04 Å². The van der Waals surface area contributed by atoms with Gasteiger partial charge in [-0.05, 0) is 71.8 Å². The van der Waals surface area contributed by atoms with Crippen molar-refractivity contribution in [2.75, 3.05) is 0 Å². The van der Waals surface area contributed by atoms with E-state index in [1.807, 2.05) is 36.4 Å². The molecule has 226 valence electrons. The summed E-state index contributed by atoms with van der Waals surface area (Å²) < 4.78 is 22.0. The Labute approximate surface area is 280 Å². The Morgan fingerprint density at radius 3 is 1.83 bits per heavy atom. The van der Waals surface area contributed by atoms with Crippen molar-refractivity contribution in [2.24, 2.45) is 0 Å². The average Bonchev–Trinajstić information content (AvgIpc) is 3.66. The maximum absolute atomic E-state index is 6.84. The minimum Gasteiger partial charge on any atom is -0.456 e. The Morgan fingerprint density at radius 2 is 1.08 bits per heavy atom. The summed E-state index contributed by atoms with van der Waals surface area (Å²) in [7, 11) is 0. The minimum absolute atomic E-state index is 0.745. The number of benzene rings is 7. The van der Waals surface area contributed by atoms with Crippen LogP contribution in [0, 0.1) is 0 Å². The molecule has 2 aromatic heterocycles. The molecule has 48 heavy (non-hydrogen) atoms. The molecule has 2 aliphatic heterocycles. The smallest absolute Gasteiger partial charge is 0.140 e. The van der Waals surface area contributed by atoms with Crippen molar-refractivity contribution in [3.63, 3.8) is 0 Å². The molecule has 11 rings (SSSR count). The number of aromatic nitrogens is 1. The Morgan fingerprint density at radius 1 is 0.458 bits per heavy atom. The quantitative estimate of drug-likeness (QED) is 0.174. The molecule has 4 nitrogen and oxygen atoms in total. The number of fused-ring (bicyclic) bond motifs is 10. The molecule has 0 radical (unpaired) electrons. The molecule has 0 fully saturated rings. The van der Waals surface area contributed by atoms with Gasteiger partial charge in [0.2, 0.25) is 0 Å². The van der Waals surface area contributed by atoms with Crippen LogP contribution in [-0.2, 0) is 11.8 Å². The molecule has 0 spiro atoms.